The number of nitrogens with zero attached hydrogens (tertiary/aromatic N) is 1. The van der Waals surface area contributed by atoms with Gasteiger partial charge in [-0.2, -0.15) is 43.9 Å². The van der Waals surface area contributed by atoms with Gasteiger partial charge in [0.05, 0.1) is 22.5 Å². The van der Waals surface area contributed by atoms with Gasteiger partial charge >= 0.3 is 24.2 Å². The van der Waals surface area contributed by atoms with Gasteiger partial charge < -0.3 is 10.6 Å². The normalized spacial score (nSPS) is 12.7. The highest BCUT2D eigenvalue weighted by atomic mass is 79.9. The number of carbonyl (C=O) groups excluding carboxylic acids is 2. The van der Waals surface area contributed by atoms with Crippen molar-refractivity contribution in [2.75, 3.05) is 12.4 Å². The van der Waals surface area contributed by atoms with E-state index in [1.54, 1.807) is 5.32 Å². The topological polar surface area (TPSA) is 71.1 Å². The Balaban J connectivity index is 2.06. The minimum Gasteiger partial charge on any atom is -0.355 e. The second kappa shape index (κ2) is 10.9. The van der Waals surface area contributed by atoms with E-state index in [2.05, 4.69) is 26.2 Å². The zero-order valence-corrected chi connectivity index (χ0v) is 21.5. The molecule has 2 N–H and O–H groups in total. The van der Waals surface area contributed by atoms with Crippen molar-refractivity contribution in [1.82, 2.24) is 10.3 Å². The molecule has 17 heteroatoms. The zero-order chi connectivity index (χ0) is 31.1. The van der Waals surface area contributed by atoms with E-state index in [0.29, 0.717) is 0 Å². The van der Waals surface area contributed by atoms with E-state index in [0.717, 1.165) is 18.2 Å². The Hall–Kier alpha value is -3.76. The predicted octanol–water partition coefficient (Wildman–Crippen LogP) is 7.57. The molecule has 0 saturated heterocycles. The Morgan fingerprint density at radius 3 is 1.95 bits per heavy atom. The summed E-state index contributed by atoms with van der Waals surface area (Å²) in [6, 6.07) is 6.04. The van der Waals surface area contributed by atoms with Crippen LogP contribution in [0.25, 0.3) is 11.3 Å². The van der Waals surface area contributed by atoms with Gasteiger partial charge in [-0.1, -0.05) is 12.1 Å². The van der Waals surface area contributed by atoms with Crippen molar-refractivity contribution in [2.24, 2.45) is 0 Å². The van der Waals surface area contributed by atoms with Crippen LogP contribution in [0.1, 0.15) is 31.8 Å². The lowest BCUT2D eigenvalue weighted by Crippen LogP contribution is -2.50. The minimum atomic E-state index is -6.69. The molecule has 0 aliphatic heterocycles. The maximum Gasteiger partial charge on any atom is 0.435 e. The summed E-state index contributed by atoms with van der Waals surface area (Å²) in [6.45, 7) is 0. The van der Waals surface area contributed by atoms with Gasteiger partial charge in [0.2, 0.25) is 5.95 Å². The number of amides is 2. The average molecular weight is 664 g/mol. The highest BCUT2D eigenvalue weighted by molar-refractivity contribution is 9.10. The van der Waals surface area contributed by atoms with Crippen LogP contribution in [0.5, 0.6) is 0 Å². The van der Waals surface area contributed by atoms with Crippen molar-refractivity contribution in [3.8, 4) is 11.3 Å². The minimum absolute atomic E-state index is 0.0445. The van der Waals surface area contributed by atoms with Crippen LogP contribution < -0.4 is 10.6 Å². The molecule has 3 rings (SSSR count). The quantitative estimate of drug-likeness (QED) is 0.219. The molecule has 0 aliphatic carbocycles. The van der Waals surface area contributed by atoms with Crippen LogP contribution in [0.15, 0.2) is 53.0 Å². The standard InChI is InChI=1S/C24H13BrF11N3O2/c1-37-20(41)13-5-6-16(38-18(13)26)10-3-2-4-11(7-10)19(40)39-17-14(22(28,29)30)8-12(9-15(17)25)21(27,23(31,32)33)24(34,35)36/h2-9H,1H3,(H,37,41)(H,39,40). The van der Waals surface area contributed by atoms with Crippen molar-refractivity contribution in [2.45, 2.75) is 24.2 Å². The largest absolute Gasteiger partial charge is 0.435 e. The first-order valence-electron chi connectivity index (χ1n) is 10.8. The number of aromatic nitrogens is 1. The monoisotopic (exact) mass is 663 g/mol. The van der Waals surface area contributed by atoms with Crippen LogP contribution in [0.4, 0.5) is 54.0 Å². The van der Waals surface area contributed by atoms with Crippen molar-refractivity contribution in [1.29, 1.82) is 0 Å². The highest BCUT2D eigenvalue weighted by Gasteiger charge is 2.73. The Labute approximate surface area is 230 Å². The number of hydrogen-bond acceptors (Lipinski definition) is 3. The number of nitrogens with one attached hydrogen (secondary N) is 2. The van der Waals surface area contributed by atoms with E-state index in [1.807, 2.05) is 0 Å². The molecule has 0 unspecified atom stereocenters. The molecule has 0 atom stereocenters. The Morgan fingerprint density at radius 2 is 1.44 bits per heavy atom. The zero-order valence-electron chi connectivity index (χ0n) is 19.9. The highest BCUT2D eigenvalue weighted by Crippen LogP contribution is 2.55. The molecule has 41 heavy (non-hydrogen) atoms. The number of hydrogen-bond donors (Lipinski definition) is 2. The molecule has 1 heterocycles. The van der Waals surface area contributed by atoms with E-state index >= 15 is 0 Å². The number of carbonyl (C=O) groups is 2. The Morgan fingerprint density at radius 1 is 0.829 bits per heavy atom. The fraction of sp³-hybridized carbons (Fsp3) is 0.208. The molecule has 0 fully saturated rings. The van der Waals surface area contributed by atoms with Crippen molar-refractivity contribution in [3.63, 3.8) is 0 Å². The summed E-state index contributed by atoms with van der Waals surface area (Å²) in [5.74, 6) is -3.30. The summed E-state index contributed by atoms with van der Waals surface area (Å²) in [4.78, 5) is 28.0. The third-order valence-corrected chi connectivity index (χ3v) is 6.18. The first-order valence-corrected chi connectivity index (χ1v) is 11.6. The molecule has 2 aromatic carbocycles. The predicted molar refractivity (Wildman–Crippen MR) is 125 cm³/mol. The smallest absolute Gasteiger partial charge is 0.355 e. The first kappa shape index (κ1) is 31.8. The van der Waals surface area contributed by atoms with Gasteiger partial charge in [-0.15, -0.1) is 0 Å². The van der Waals surface area contributed by atoms with E-state index in [1.165, 1.54) is 25.2 Å². The first-order chi connectivity index (χ1) is 18.7. The molecule has 3 aromatic rings. The Kier molecular flexibility index (Phi) is 8.45. The van der Waals surface area contributed by atoms with E-state index < -0.39 is 80.4 Å². The van der Waals surface area contributed by atoms with E-state index in [-0.39, 0.29) is 17.3 Å². The Bertz CT molecular complexity index is 1490. The van der Waals surface area contributed by atoms with Gasteiger partial charge in [0.1, 0.15) is 0 Å². The lowest BCUT2D eigenvalue weighted by Gasteiger charge is -2.31. The third kappa shape index (κ3) is 6.13. The average Bonchev–Trinajstić information content (AvgIpc) is 2.86. The van der Waals surface area contributed by atoms with Crippen LogP contribution in [0, 0.1) is 5.95 Å². The number of pyridine rings is 1. The van der Waals surface area contributed by atoms with Gasteiger partial charge in [-0.25, -0.2) is 9.37 Å². The molecule has 0 radical (unpaired) electrons. The SMILES string of the molecule is CNC(=O)c1ccc(-c2cccc(C(=O)Nc3c(Br)cc(C(F)(C(F)(F)F)C(F)(F)F)cc3C(F)(F)F)c2)nc1F. The van der Waals surface area contributed by atoms with Crippen LogP contribution in [-0.2, 0) is 11.8 Å². The second-order valence-electron chi connectivity index (χ2n) is 8.18. The van der Waals surface area contributed by atoms with Crippen molar-refractivity contribution in [3.05, 3.63) is 81.2 Å². The van der Waals surface area contributed by atoms with E-state index in [9.17, 15) is 57.9 Å². The lowest BCUT2D eigenvalue weighted by molar-refractivity contribution is -0.348. The second-order valence-corrected chi connectivity index (χ2v) is 9.04. The summed E-state index contributed by atoms with van der Waals surface area (Å²) in [7, 11) is 1.24. The van der Waals surface area contributed by atoms with Crippen LogP contribution >= 0.6 is 15.9 Å². The van der Waals surface area contributed by atoms with Crippen LogP contribution in [-0.4, -0.2) is 36.2 Å². The molecule has 0 aliphatic rings. The summed E-state index contributed by atoms with van der Waals surface area (Å²) in [5, 5.41) is 3.93. The fourth-order valence-electron chi connectivity index (χ4n) is 3.55. The van der Waals surface area contributed by atoms with Crippen LogP contribution in [0.3, 0.4) is 0 Å². The lowest BCUT2D eigenvalue weighted by atomic mass is 9.92. The molecule has 2 amide bonds. The van der Waals surface area contributed by atoms with Crippen molar-refractivity contribution >= 4 is 33.4 Å². The molecule has 0 saturated carbocycles. The third-order valence-electron chi connectivity index (χ3n) is 5.55. The molecular formula is C24H13BrF11N3O2. The van der Waals surface area contributed by atoms with Gasteiger partial charge in [0.25, 0.3) is 11.8 Å². The molecular weight excluding hydrogens is 651 g/mol. The summed E-state index contributed by atoms with van der Waals surface area (Å²) in [5.41, 5.74) is -13.0. The summed E-state index contributed by atoms with van der Waals surface area (Å²) in [6.07, 6.45) is -19.0. The van der Waals surface area contributed by atoms with Gasteiger partial charge in [-0.3, -0.25) is 9.59 Å². The van der Waals surface area contributed by atoms with Gasteiger partial charge in [0.15, 0.2) is 0 Å². The van der Waals surface area contributed by atoms with Gasteiger partial charge in [-0.05, 0) is 52.3 Å². The summed E-state index contributed by atoms with van der Waals surface area (Å²) >= 11 is 2.40. The summed E-state index contributed by atoms with van der Waals surface area (Å²) < 4.78 is 148. The molecule has 1 aromatic heterocycles. The number of halogens is 12. The molecule has 0 spiro atoms. The maximum atomic E-state index is 14.5. The van der Waals surface area contributed by atoms with Crippen LogP contribution in [0.2, 0.25) is 0 Å². The number of alkyl halides is 10. The van der Waals surface area contributed by atoms with Gasteiger partial charge in [0, 0.05) is 28.2 Å². The number of anilines is 1. The molecule has 5 nitrogen and oxygen atoms in total. The van der Waals surface area contributed by atoms with Crippen molar-refractivity contribution < 1.29 is 57.9 Å². The number of benzene rings is 2. The molecule has 0 bridgehead atoms. The number of rotatable bonds is 5. The maximum absolute atomic E-state index is 14.5. The van der Waals surface area contributed by atoms with E-state index in [4.69, 9.17) is 0 Å². The fourth-order valence-corrected chi connectivity index (χ4v) is 4.11. The molecule has 220 valence electrons.